The molecular weight excluding hydrogens is 244 g/mol. The van der Waals surface area contributed by atoms with Gasteiger partial charge in [0.2, 0.25) is 0 Å². The van der Waals surface area contributed by atoms with Crippen LogP contribution in [0.25, 0.3) is 0 Å². The molecule has 0 saturated heterocycles. The molecule has 0 aromatic rings. The Labute approximate surface area is 112 Å². The summed E-state index contributed by atoms with van der Waals surface area (Å²) in [7, 11) is -1.85. The average molecular weight is 270 g/mol. The number of ether oxygens (including phenoxy) is 2. The topological polar surface area (TPSA) is 27.7 Å². The first-order valence-corrected chi connectivity index (χ1v) is 9.39. The lowest BCUT2D eigenvalue weighted by Crippen LogP contribution is -2.41. The van der Waals surface area contributed by atoms with Crippen molar-refractivity contribution in [2.45, 2.75) is 64.5 Å². The van der Waals surface area contributed by atoms with E-state index in [4.69, 9.17) is 13.9 Å². The Morgan fingerprint density at radius 1 is 1.39 bits per heavy atom. The van der Waals surface area contributed by atoms with E-state index >= 15 is 0 Å². The molecule has 4 heteroatoms. The zero-order valence-electron chi connectivity index (χ0n) is 12.4. The smallest absolute Gasteiger partial charge is 0.258 e. The van der Waals surface area contributed by atoms with Crippen LogP contribution in [0.2, 0.25) is 18.1 Å². The van der Waals surface area contributed by atoms with Crippen LogP contribution in [-0.2, 0) is 13.9 Å². The van der Waals surface area contributed by atoms with Crippen molar-refractivity contribution in [3.63, 3.8) is 0 Å². The van der Waals surface area contributed by atoms with Crippen molar-refractivity contribution in [3.05, 3.63) is 24.9 Å². The molecule has 0 aromatic carbocycles. The molecule has 0 N–H and O–H groups in total. The summed E-state index contributed by atoms with van der Waals surface area (Å²) in [5.41, 5.74) is 0. The summed E-state index contributed by atoms with van der Waals surface area (Å²) in [6.07, 6.45) is 4.61. The lowest BCUT2D eigenvalue weighted by Gasteiger charge is -2.37. The van der Waals surface area contributed by atoms with E-state index in [1.165, 1.54) is 0 Å². The van der Waals surface area contributed by atoms with Gasteiger partial charge in [-0.05, 0) is 37.7 Å². The highest BCUT2D eigenvalue weighted by Crippen LogP contribution is 2.38. The molecule has 0 unspecified atom stereocenters. The number of hydrogen-bond donors (Lipinski definition) is 0. The lowest BCUT2D eigenvalue weighted by molar-refractivity contribution is 0.0154. The molecular formula is C14H26O3Si. The molecule has 0 aromatic heterocycles. The largest absolute Gasteiger partial charge is 0.519 e. The third kappa shape index (κ3) is 4.09. The van der Waals surface area contributed by atoms with E-state index in [1.807, 2.05) is 13.0 Å². The molecule has 1 aliphatic rings. The van der Waals surface area contributed by atoms with E-state index in [1.54, 1.807) is 6.26 Å². The van der Waals surface area contributed by atoms with E-state index < -0.39 is 8.32 Å². The maximum Gasteiger partial charge on any atom is 0.258 e. The van der Waals surface area contributed by atoms with Gasteiger partial charge in [-0.2, -0.15) is 0 Å². The third-order valence-corrected chi connectivity index (χ3v) is 7.98. The minimum atomic E-state index is -1.85. The van der Waals surface area contributed by atoms with Crippen LogP contribution < -0.4 is 0 Å². The second-order valence-corrected chi connectivity index (χ2v) is 11.1. The van der Waals surface area contributed by atoms with E-state index in [0.29, 0.717) is 5.95 Å². The fourth-order valence-electron chi connectivity index (χ4n) is 1.45. The summed E-state index contributed by atoms with van der Waals surface area (Å²) in [4.78, 5) is 0. The van der Waals surface area contributed by atoms with Crippen LogP contribution in [0.1, 0.15) is 34.1 Å². The average Bonchev–Trinajstić information content (AvgIpc) is 2.14. The van der Waals surface area contributed by atoms with E-state index in [9.17, 15) is 0 Å². The normalized spacial score (nSPS) is 24.3. The van der Waals surface area contributed by atoms with E-state index in [-0.39, 0.29) is 17.2 Å². The second-order valence-electron chi connectivity index (χ2n) is 6.40. The zero-order valence-corrected chi connectivity index (χ0v) is 13.4. The molecule has 0 aliphatic carbocycles. The highest BCUT2D eigenvalue weighted by Gasteiger charge is 2.39. The summed E-state index contributed by atoms with van der Waals surface area (Å²) in [6, 6.07) is 0. The van der Waals surface area contributed by atoms with Crippen LogP contribution in [0.15, 0.2) is 24.9 Å². The Kier molecular flexibility index (Phi) is 4.54. The number of hydrogen-bond acceptors (Lipinski definition) is 3. The fraction of sp³-hybridized carbons (Fsp3) is 0.714. The molecule has 1 aliphatic heterocycles. The predicted octanol–water partition coefficient (Wildman–Crippen LogP) is 4.19. The van der Waals surface area contributed by atoms with Crippen LogP contribution in [0.4, 0.5) is 0 Å². The van der Waals surface area contributed by atoms with Crippen molar-refractivity contribution < 1.29 is 13.9 Å². The lowest BCUT2D eigenvalue weighted by atomic mass is 10.1. The van der Waals surface area contributed by atoms with Crippen LogP contribution in [0.3, 0.4) is 0 Å². The Balaban J connectivity index is 2.52. The minimum Gasteiger partial charge on any atom is -0.519 e. The monoisotopic (exact) mass is 270 g/mol. The first-order chi connectivity index (χ1) is 8.12. The Morgan fingerprint density at radius 3 is 2.50 bits per heavy atom. The third-order valence-electron chi connectivity index (χ3n) is 3.63. The van der Waals surface area contributed by atoms with Crippen molar-refractivity contribution in [2.75, 3.05) is 0 Å². The Bertz CT molecular complexity index is 328. The van der Waals surface area contributed by atoms with Gasteiger partial charge in [-0.3, -0.25) is 0 Å². The predicted molar refractivity (Wildman–Crippen MR) is 76.6 cm³/mol. The molecule has 1 rings (SSSR count). The Morgan fingerprint density at radius 2 is 2.00 bits per heavy atom. The van der Waals surface area contributed by atoms with Crippen LogP contribution in [0.5, 0.6) is 0 Å². The van der Waals surface area contributed by atoms with Gasteiger partial charge in [0.05, 0.1) is 12.4 Å². The molecule has 18 heavy (non-hydrogen) atoms. The quantitative estimate of drug-likeness (QED) is 0.566. The molecule has 104 valence electrons. The summed E-state index contributed by atoms with van der Waals surface area (Å²) < 4.78 is 17.1. The first-order valence-electron chi connectivity index (χ1n) is 6.48. The van der Waals surface area contributed by atoms with Gasteiger partial charge in [0, 0.05) is 6.42 Å². The minimum absolute atomic E-state index is 0.00557. The zero-order chi connectivity index (χ0) is 14.0. The first kappa shape index (κ1) is 15.2. The molecule has 0 saturated carbocycles. The molecule has 0 amide bonds. The number of rotatable bonds is 4. The highest BCUT2D eigenvalue weighted by molar-refractivity contribution is 6.74. The molecule has 2 atom stereocenters. The van der Waals surface area contributed by atoms with Crippen LogP contribution in [-0.4, -0.2) is 20.5 Å². The van der Waals surface area contributed by atoms with Crippen molar-refractivity contribution in [1.82, 2.24) is 0 Å². The fourth-order valence-corrected chi connectivity index (χ4v) is 2.37. The van der Waals surface area contributed by atoms with E-state index in [0.717, 1.165) is 6.42 Å². The summed E-state index contributed by atoms with van der Waals surface area (Å²) in [5.74, 6) is 0.436. The van der Waals surface area contributed by atoms with Gasteiger partial charge >= 0.3 is 0 Å². The SMILES string of the molecule is C=C(O[C@@H]1C=CO[C@H](C)C1)O[Si](C)(C)C(C)(C)C. The maximum atomic E-state index is 5.99. The summed E-state index contributed by atoms with van der Waals surface area (Å²) in [6.45, 7) is 16.9. The maximum absolute atomic E-state index is 5.99. The summed E-state index contributed by atoms with van der Waals surface area (Å²) in [5, 5.41) is 0.151. The van der Waals surface area contributed by atoms with Gasteiger partial charge in [0.15, 0.2) is 0 Å². The molecule has 0 spiro atoms. The van der Waals surface area contributed by atoms with Crippen molar-refractivity contribution in [3.8, 4) is 0 Å². The van der Waals surface area contributed by atoms with Crippen molar-refractivity contribution >= 4 is 8.32 Å². The highest BCUT2D eigenvalue weighted by atomic mass is 28.4. The standard InChI is InChI=1S/C14H26O3Si/c1-11-10-13(8-9-15-11)16-12(2)17-18(6,7)14(3,4)5/h8-9,11,13H,2,10H2,1,3-7H3/t11-,13-/m1/s1. The molecule has 0 fully saturated rings. The molecule has 3 nitrogen and oxygen atoms in total. The van der Waals surface area contributed by atoms with E-state index in [2.05, 4.69) is 40.4 Å². The Hall–Kier alpha value is -0.903. The molecule has 0 bridgehead atoms. The van der Waals surface area contributed by atoms with Crippen LogP contribution >= 0.6 is 0 Å². The molecule has 0 radical (unpaired) electrons. The van der Waals surface area contributed by atoms with Gasteiger partial charge in [-0.1, -0.05) is 20.8 Å². The van der Waals surface area contributed by atoms with Crippen molar-refractivity contribution in [2.24, 2.45) is 0 Å². The van der Waals surface area contributed by atoms with Gasteiger partial charge in [-0.15, -0.1) is 0 Å². The van der Waals surface area contributed by atoms with Gasteiger partial charge in [0.25, 0.3) is 14.3 Å². The molecule has 1 heterocycles. The van der Waals surface area contributed by atoms with Gasteiger partial charge in [0.1, 0.15) is 6.10 Å². The van der Waals surface area contributed by atoms with Gasteiger partial charge < -0.3 is 13.9 Å². The van der Waals surface area contributed by atoms with Crippen LogP contribution in [0, 0.1) is 0 Å². The van der Waals surface area contributed by atoms with Gasteiger partial charge in [-0.25, -0.2) is 0 Å². The van der Waals surface area contributed by atoms with Crippen molar-refractivity contribution in [1.29, 1.82) is 0 Å². The summed E-state index contributed by atoms with van der Waals surface area (Å²) >= 11 is 0. The second kappa shape index (κ2) is 5.39.